The molecule has 0 atom stereocenters. The summed E-state index contributed by atoms with van der Waals surface area (Å²) < 4.78 is 4.68. The summed E-state index contributed by atoms with van der Waals surface area (Å²) in [5.41, 5.74) is 0.778. The van der Waals surface area contributed by atoms with Crippen molar-refractivity contribution < 1.29 is 19.6 Å². The quantitative estimate of drug-likeness (QED) is 0.575. The van der Waals surface area contributed by atoms with Crippen LogP contribution in [0.5, 0.6) is 0 Å². The lowest BCUT2D eigenvalue weighted by Crippen LogP contribution is -2.30. The standard InChI is InChI=1S/C12H11BO4/c1-17-12(14)10-6-7-11(13(15)16)9-5-3-2-4-8(9)10/h2-7,15-16H,1H3. The molecule has 0 aliphatic heterocycles. The number of rotatable bonds is 2. The molecule has 2 aromatic rings. The summed E-state index contributed by atoms with van der Waals surface area (Å²) in [5, 5.41) is 19.8. The highest BCUT2D eigenvalue weighted by Gasteiger charge is 2.18. The largest absolute Gasteiger partial charge is 0.489 e. The Morgan fingerprint density at radius 1 is 1.12 bits per heavy atom. The summed E-state index contributed by atoms with van der Waals surface area (Å²) in [6.45, 7) is 0. The van der Waals surface area contributed by atoms with E-state index in [0.717, 1.165) is 0 Å². The van der Waals surface area contributed by atoms with Gasteiger partial charge in [-0.15, -0.1) is 0 Å². The van der Waals surface area contributed by atoms with Gasteiger partial charge in [0.1, 0.15) is 0 Å². The summed E-state index contributed by atoms with van der Waals surface area (Å²) in [4.78, 5) is 11.6. The SMILES string of the molecule is COC(=O)c1ccc(B(O)O)c2ccccc12. The average molecular weight is 230 g/mol. The monoisotopic (exact) mass is 230 g/mol. The van der Waals surface area contributed by atoms with Gasteiger partial charge in [-0.05, 0) is 22.3 Å². The Labute approximate surface area is 98.6 Å². The third kappa shape index (κ3) is 2.02. The van der Waals surface area contributed by atoms with E-state index >= 15 is 0 Å². The van der Waals surface area contributed by atoms with Crippen molar-refractivity contribution in [1.29, 1.82) is 0 Å². The molecule has 0 aliphatic carbocycles. The molecule has 4 nitrogen and oxygen atoms in total. The van der Waals surface area contributed by atoms with E-state index in [9.17, 15) is 14.8 Å². The Balaban J connectivity index is 2.75. The fraction of sp³-hybridized carbons (Fsp3) is 0.0833. The van der Waals surface area contributed by atoms with Crippen LogP contribution < -0.4 is 5.46 Å². The first-order valence-electron chi connectivity index (χ1n) is 5.11. The van der Waals surface area contributed by atoms with E-state index in [1.165, 1.54) is 19.2 Å². The first-order valence-corrected chi connectivity index (χ1v) is 5.11. The highest BCUT2D eigenvalue weighted by atomic mass is 16.5. The van der Waals surface area contributed by atoms with E-state index in [1.807, 2.05) is 0 Å². The first-order chi connectivity index (χ1) is 8.15. The van der Waals surface area contributed by atoms with Crippen LogP contribution in [0, 0.1) is 0 Å². The Hall–Kier alpha value is -1.85. The fourth-order valence-corrected chi connectivity index (χ4v) is 1.84. The minimum Gasteiger partial charge on any atom is -0.465 e. The topological polar surface area (TPSA) is 66.8 Å². The van der Waals surface area contributed by atoms with Crippen LogP contribution in [0.15, 0.2) is 36.4 Å². The zero-order valence-corrected chi connectivity index (χ0v) is 9.25. The second kappa shape index (κ2) is 4.57. The molecule has 0 spiro atoms. The summed E-state index contributed by atoms with van der Waals surface area (Å²) in [6.07, 6.45) is 0. The first kappa shape index (κ1) is 11.6. The van der Waals surface area contributed by atoms with Gasteiger partial charge >= 0.3 is 13.1 Å². The molecule has 0 heterocycles. The number of ether oxygens (including phenoxy) is 1. The maximum atomic E-state index is 11.6. The smallest absolute Gasteiger partial charge is 0.465 e. The lowest BCUT2D eigenvalue weighted by Gasteiger charge is -2.09. The number of hydrogen-bond acceptors (Lipinski definition) is 4. The van der Waals surface area contributed by atoms with Crippen molar-refractivity contribution in [3.8, 4) is 0 Å². The van der Waals surface area contributed by atoms with Crippen molar-refractivity contribution in [3.63, 3.8) is 0 Å². The van der Waals surface area contributed by atoms with Gasteiger partial charge in [-0.25, -0.2) is 4.79 Å². The predicted octanol–water partition coefficient (Wildman–Crippen LogP) is 0.306. The maximum Gasteiger partial charge on any atom is 0.489 e. The van der Waals surface area contributed by atoms with Crippen LogP contribution in [0.3, 0.4) is 0 Å². The van der Waals surface area contributed by atoms with E-state index in [0.29, 0.717) is 21.8 Å². The van der Waals surface area contributed by atoms with Gasteiger partial charge in [0.2, 0.25) is 0 Å². The Bertz CT molecular complexity index is 565. The van der Waals surface area contributed by atoms with E-state index in [2.05, 4.69) is 4.74 Å². The Morgan fingerprint density at radius 2 is 1.76 bits per heavy atom. The van der Waals surface area contributed by atoms with Crippen LogP contribution in [-0.4, -0.2) is 30.2 Å². The number of methoxy groups -OCH3 is 1. The van der Waals surface area contributed by atoms with Gasteiger partial charge in [0.25, 0.3) is 0 Å². The molecule has 17 heavy (non-hydrogen) atoms. The molecule has 0 fully saturated rings. The summed E-state index contributed by atoms with van der Waals surface area (Å²) in [5.74, 6) is -0.444. The molecule has 2 aromatic carbocycles. The zero-order valence-electron chi connectivity index (χ0n) is 9.25. The van der Waals surface area contributed by atoms with Gasteiger partial charge in [0, 0.05) is 0 Å². The van der Waals surface area contributed by atoms with Crippen molar-refractivity contribution in [2.75, 3.05) is 7.11 Å². The fourth-order valence-electron chi connectivity index (χ4n) is 1.84. The van der Waals surface area contributed by atoms with Crippen LogP contribution in [0.2, 0.25) is 0 Å². The number of benzene rings is 2. The molecule has 0 unspecified atom stereocenters. The van der Waals surface area contributed by atoms with Gasteiger partial charge in [0.15, 0.2) is 0 Å². The van der Waals surface area contributed by atoms with Crippen molar-refractivity contribution in [3.05, 3.63) is 42.0 Å². The summed E-state index contributed by atoms with van der Waals surface area (Å²) in [7, 11) is -0.252. The summed E-state index contributed by atoms with van der Waals surface area (Å²) in [6, 6.07) is 10.1. The van der Waals surface area contributed by atoms with Crippen molar-refractivity contribution >= 4 is 29.3 Å². The molecule has 2 rings (SSSR count). The Morgan fingerprint density at radius 3 is 2.35 bits per heavy atom. The van der Waals surface area contributed by atoms with Gasteiger partial charge in [0.05, 0.1) is 12.7 Å². The highest BCUT2D eigenvalue weighted by Crippen LogP contribution is 2.18. The molecule has 0 amide bonds. The number of carbonyl (C=O) groups is 1. The third-order valence-electron chi connectivity index (χ3n) is 2.64. The van der Waals surface area contributed by atoms with E-state index in [-0.39, 0.29) is 0 Å². The summed E-state index contributed by atoms with van der Waals surface area (Å²) >= 11 is 0. The van der Waals surface area contributed by atoms with Gasteiger partial charge < -0.3 is 14.8 Å². The highest BCUT2D eigenvalue weighted by molar-refractivity contribution is 6.62. The van der Waals surface area contributed by atoms with E-state index < -0.39 is 13.1 Å². The van der Waals surface area contributed by atoms with Crippen molar-refractivity contribution in [2.45, 2.75) is 0 Å². The van der Waals surface area contributed by atoms with Gasteiger partial charge in [-0.3, -0.25) is 0 Å². The lowest BCUT2D eigenvalue weighted by atomic mass is 9.76. The number of hydrogen-bond donors (Lipinski definition) is 2. The van der Waals surface area contributed by atoms with Crippen LogP contribution >= 0.6 is 0 Å². The molecule has 5 heteroatoms. The maximum absolute atomic E-state index is 11.6. The molecule has 86 valence electrons. The minimum atomic E-state index is -1.56. The second-order valence-electron chi connectivity index (χ2n) is 3.61. The number of fused-ring (bicyclic) bond motifs is 1. The minimum absolute atomic E-state index is 0.369. The molecule has 0 aromatic heterocycles. The average Bonchev–Trinajstić information content (AvgIpc) is 2.36. The van der Waals surface area contributed by atoms with Gasteiger partial charge in [-0.1, -0.05) is 30.3 Å². The van der Waals surface area contributed by atoms with Crippen LogP contribution in [-0.2, 0) is 4.74 Å². The lowest BCUT2D eigenvalue weighted by molar-refractivity contribution is 0.0603. The molecular weight excluding hydrogens is 219 g/mol. The van der Waals surface area contributed by atoms with Crippen molar-refractivity contribution in [2.24, 2.45) is 0 Å². The number of carbonyl (C=O) groups excluding carboxylic acids is 1. The number of esters is 1. The Kier molecular flexibility index (Phi) is 3.13. The molecule has 0 saturated heterocycles. The predicted molar refractivity (Wildman–Crippen MR) is 65.1 cm³/mol. The van der Waals surface area contributed by atoms with Crippen LogP contribution in [0.25, 0.3) is 10.8 Å². The van der Waals surface area contributed by atoms with Crippen LogP contribution in [0.4, 0.5) is 0 Å². The second-order valence-corrected chi connectivity index (χ2v) is 3.61. The van der Waals surface area contributed by atoms with Crippen LogP contribution in [0.1, 0.15) is 10.4 Å². The van der Waals surface area contributed by atoms with E-state index in [1.54, 1.807) is 24.3 Å². The molecule has 0 saturated carbocycles. The molecule has 2 N–H and O–H groups in total. The normalized spacial score (nSPS) is 10.3. The van der Waals surface area contributed by atoms with E-state index in [4.69, 9.17) is 0 Å². The third-order valence-corrected chi connectivity index (χ3v) is 2.64. The molecular formula is C12H11BO4. The van der Waals surface area contributed by atoms with Crippen molar-refractivity contribution in [1.82, 2.24) is 0 Å². The molecule has 0 bridgehead atoms. The molecule has 0 radical (unpaired) electrons. The van der Waals surface area contributed by atoms with Gasteiger partial charge in [-0.2, -0.15) is 0 Å². The zero-order chi connectivity index (χ0) is 12.4. The molecule has 0 aliphatic rings.